The summed E-state index contributed by atoms with van der Waals surface area (Å²) in [5.74, 6) is -1.09. The van der Waals surface area contributed by atoms with E-state index in [0.29, 0.717) is 16.7 Å². The first-order valence-electron chi connectivity index (χ1n) is 11.0. The van der Waals surface area contributed by atoms with Crippen LogP contribution in [0, 0.1) is 0 Å². The summed E-state index contributed by atoms with van der Waals surface area (Å²) in [6, 6.07) is 25.8. The number of carbonyl (C=O) groups is 3. The van der Waals surface area contributed by atoms with Crippen molar-refractivity contribution in [2.75, 3.05) is 13.7 Å². The summed E-state index contributed by atoms with van der Waals surface area (Å²) in [6.45, 7) is -0.146. The van der Waals surface area contributed by atoms with Crippen LogP contribution < -0.4 is 0 Å². The summed E-state index contributed by atoms with van der Waals surface area (Å²) in [5.41, 5.74) is 1.25. The second-order valence-corrected chi connectivity index (χ2v) is 8.87. The molecule has 1 fully saturated rings. The van der Waals surface area contributed by atoms with Crippen molar-refractivity contribution in [3.63, 3.8) is 0 Å². The van der Waals surface area contributed by atoms with E-state index in [-0.39, 0.29) is 11.7 Å². The second kappa shape index (κ2) is 11.8. The van der Waals surface area contributed by atoms with Crippen LogP contribution >= 0.6 is 11.8 Å². The minimum absolute atomic E-state index is 0.146. The van der Waals surface area contributed by atoms with Crippen LogP contribution in [0.5, 0.6) is 0 Å². The van der Waals surface area contributed by atoms with Crippen LogP contribution in [0.2, 0.25) is 0 Å². The van der Waals surface area contributed by atoms with Crippen LogP contribution in [0.15, 0.2) is 91.0 Å². The highest BCUT2D eigenvalue weighted by Gasteiger charge is 2.49. The summed E-state index contributed by atoms with van der Waals surface area (Å²) in [6.07, 6.45) is -2.60. The number of hydrogen-bond donors (Lipinski definition) is 0. The minimum atomic E-state index is -0.941. The van der Waals surface area contributed by atoms with Gasteiger partial charge >= 0.3 is 11.9 Å². The Bertz CT molecular complexity index is 1140. The molecule has 4 atom stereocenters. The quantitative estimate of drug-likeness (QED) is 0.428. The molecule has 8 heteroatoms. The van der Waals surface area contributed by atoms with Crippen LogP contribution in [0.4, 0.5) is 0 Å². The molecule has 35 heavy (non-hydrogen) atoms. The molecule has 1 aliphatic rings. The molecule has 180 valence electrons. The number of thioether (sulfide) groups is 1. The molecule has 0 radical (unpaired) electrons. The third kappa shape index (κ3) is 6.16. The maximum atomic E-state index is 13.0. The smallest absolute Gasteiger partial charge is 0.338 e. The lowest BCUT2D eigenvalue weighted by molar-refractivity contribution is -0.154. The van der Waals surface area contributed by atoms with E-state index >= 15 is 0 Å². The van der Waals surface area contributed by atoms with Gasteiger partial charge in [0.2, 0.25) is 5.12 Å². The summed E-state index contributed by atoms with van der Waals surface area (Å²) in [4.78, 5) is 38.3. The van der Waals surface area contributed by atoms with Crippen molar-refractivity contribution in [2.24, 2.45) is 0 Å². The molecule has 3 aromatic carbocycles. The summed E-state index contributed by atoms with van der Waals surface area (Å²) >= 11 is 0.968. The van der Waals surface area contributed by atoms with E-state index < -0.39 is 35.7 Å². The average molecular weight is 493 g/mol. The Morgan fingerprint density at radius 3 is 1.83 bits per heavy atom. The third-order valence-corrected chi connectivity index (χ3v) is 6.69. The van der Waals surface area contributed by atoms with Gasteiger partial charge in [0.05, 0.1) is 16.4 Å². The number of esters is 2. The van der Waals surface area contributed by atoms with Crippen molar-refractivity contribution in [2.45, 2.75) is 23.7 Å². The summed E-state index contributed by atoms with van der Waals surface area (Å²) < 4.78 is 22.6. The maximum Gasteiger partial charge on any atom is 0.338 e. The number of ether oxygens (including phenoxy) is 4. The van der Waals surface area contributed by atoms with Gasteiger partial charge in [0.1, 0.15) is 12.7 Å². The van der Waals surface area contributed by atoms with E-state index in [0.717, 1.165) is 11.8 Å². The van der Waals surface area contributed by atoms with Crippen molar-refractivity contribution in [1.29, 1.82) is 0 Å². The molecule has 0 amide bonds. The molecule has 0 N–H and O–H groups in total. The van der Waals surface area contributed by atoms with E-state index in [9.17, 15) is 14.4 Å². The molecule has 1 saturated heterocycles. The van der Waals surface area contributed by atoms with Gasteiger partial charge in [0.25, 0.3) is 0 Å². The largest absolute Gasteiger partial charge is 0.459 e. The summed E-state index contributed by atoms with van der Waals surface area (Å²) in [7, 11) is 1.42. The molecule has 3 aromatic rings. The number of carbonyl (C=O) groups excluding carboxylic acids is 3. The fourth-order valence-electron chi connectivity index (χ4n) is 3.63. The van der Waals surface area contributed by atoms with Crippen LogP contribution in [-0.4, -0.2) is 54.5 Å². The van der Waals surface area contributed by atoms with Gasteiger partial charge in [-0.2, -0.15) is 0 Å². The predicted molar refractivity (Wildman–Crippen MR) is 130 cm³/mol. The highest BCUT2D eigenvalue weighted by Crippen LogP contribution is 2.36. The van der Waals surface area contributed by atoms with Crippen LogP contribution in [0.25, 0.3) is 0 Å². The lowest BCUT2D eigenvalue weighted by Gasteiger charge is -2.23. The minimum Gasteiger partial charge on any atom is -0.459 e. The van der Waals surface area contributed by atoms with Gasteiger partial charge in [-0.1, -0.05) is 78.5 Å². The van der Waals surface area contributed by atoms with Gasteiger partial charge in [-0.25, -0.2) is 9.59 Å². The third-order valence-electron chi connectivity index (χ3n) is 5.39. The Balaban J connectivity index is 1.54. The van der Waals surface area contributed by atoms with Crippen molar-refractivity contribution in [3.8, 4) is 0 Å². The van der Waals surface area contributed by atoms with Gasteiger partial charge < -0.3 is 18.9 Å². The van der Waals surface area contributed by atoms with E-state index in [1.807, 2.05) is 6.07 Å². The monoisotopic (exact) mass is 492 g/mol. The first-order valence-corrected chi connectivity index (χ1v) is 11.9. The van der Waals surface area contributed by atoms with Crippen LogP contribution in [0.3, 0.4) is 0 Å². The zero-order chi connectivity index (χ0) is 24.6. The first kappa shape index (κ1) is 24.7. The second-order valence-electron chi connectivity index (χ2n) is 7.72. The van der Waals surface area contributed by atoms with Crippen molar-refractivity contribution in [3.05, 3.63) is 108 Å². The van der Waals surface area contributed by atoms with Gasteiger partial charge in [-0.3, -0.25) is 4.79 Å². The lowest BCUT2D eigenvalue weighted by atomic mass is 10.2. The molecule has 0 aliphatic carbocycles. The van der Waals surface area contributed by atoms with Crippen molar-refractivity contribution < 1.29 is 33.3 Å². The van der Waals surface area contributed by atoms with Gasteiger partial charge in [-0.15, -0.1) is 0 Å². The first-order chi connectivity index (χ1) is 17.1. The van der Waals surface area contributed by atoms with Gasteiger partial charge in [-0.05, 0) is 24.3 Å². The SMILES string of the molecule is CO[C@@H]1O[C@@H](COC(=O)c2ccccc2)[C@@H](SC(=O)c2ccccc2)[C@H]1OC(=O)c1ccccc1. The van der Waals surface area contributed by atoms with Crippen molar-refractivity contribution in [1.82, 2.24) is 0 Å². The number of benzene rings is 3. The molecule has 0 spiro atoms. The lowest BCUT2D eigenvalue weighted by Crippen LogP contribution is -2.38. The predicted octanol–water partition coefficient (Wildman–Crippen LogP) is 4.38. The highest BCUT2D eigenvalue weighted by molar-refractivity contribution is 8.14. The van der Waals surface area contributed by atoms with Crippen LogP contribution in [-0.2, 0) is 18.9 Å². The molecular weight excluding hydrogens is 468 g/mol. The fraction of sp³-hybridized carbons (Fsp3) is 0.222. The molecule has 0 saturated carbocycles. The Morgan fingerprint density at radius 1 is 0.771 bits per heavy atom. The molecule has 7 nitrogen and oxygen atoms in total. The van der Waals surface area contributed by atoms with Gasteiger partial charge in [0.15, 0.2) is 12.4 Å². The fourth-order valence-corrected chi connectivity index (χ4v) is 4.76. The molecule has 1 aliphatic heterocycles. The number of rotatable bonds is 8. The molecular formula is C27H24O7S. The molecule has 0 aromatic heterocycles. The highest BCUT2D eigenvalue weighted by atomic mass is 32.2. The number of hydrogen-bond acceptors (Lipinski definition) is 8. The normalized spacial score (nSPS) is 21.3. The maximum absolute atomic E-state index is 13.0. The average Bonchev–Trinajstić information content (AvgIpc) is 3.24. The van der Waals surface area contributed by atoms with E-state index in [1.54, 1.807) is 84.9 Å². The molecule has 0 bridgehead atoms. The van der Waals surface area contributed by atoms with Gasteiger partial charge in [0, 0.05) is 12.7 Å². The Hall–Kier alpha value is -3.46. The van der Waals surface area contributed by atoms with E-state index in [4.69, 9.17) is 18.9 Å². The van der Waals surface area contributed by atoms with Crippen LogP contribution in [0.1, 0.15) is 31.1 Å². The standard InChI is InChI=1S/C27H24O7S/c1-31-27-22(34-25(29)19-13-7-3-8-14-19)23(35-26(30)20-15-9-4-10-16-20)21(33-27)17-32-24(28)18-11-5-2-6-12-18/h2-16,21-23,27H,17H2,1H3/t21-,22+,23+,27+/m0/s1. The Labute approximate surface area is 207 Å². The summed E-state index contributed by atoms with van der Waals surface area (Å²) in [5, 5.41) is -0.903. The molecule has 1 heterocycles. The van der Waals surface area contributed by atoms with E-state index in [2.05, 4.69) is 0 Å². The molecule has 4 rings (SSSR count). The van der Waals surface area contributed by atoms with E-state index in [1.165, 1.54) is 7.11 Å². The topological polar surface area (TPSA) is 88.1 Å². The van der Waals surface area contributed by atoms with Crippen molar-refractivity contribution >= 4 is 28.8 Å². The zero-order valence-electron chi connectivity index (χ0n) is 18.9. The zero-order valence-corrected chi connectivity index (χ0v) is 19.8. The number of methoxy groups -OCH3 is 1. The Morgan fingerprint density at radius 2 is 1.29 bits per heavy atom. The Kier molecular flexibility index (Phi) is 8.31. The molecule has 0 unspecified atom stereocenters.